The standard InChI is InChI=1S/C12H10Br2FNS/c1-6-5-9(14)12(17-6)11(16)7-3-2-4-8(13)10(7)15/h2-5,11H,16H2,1H3. The number of halogens is 3. The number of aryl methyl sites for hydroxylation is 1. The Labute approximate surface area is 120 Å². The molecular weight excluding hydrogens is 369 g/mol. The fraction of sp³-hybridized carbons (Fsp3) is 0.167. The molecular formula is C12H10Br2FNS. The zero-order chi connectivity index (χ0) is 12.6. The minimum absolute atomic E-state index is 0.294. The van der Waals surface area contributed by atoms with E-state index in [2.05, 4.69) is 31.9 Å². The van der Waals surface area contributed by atoms with Crippen LogP contribution in [-0.2, 0) is 0 Å². The Morgan fingerprint density at radius 1 is 1.29 bits per heavy atom. The van der Waals surface area contributed by atoms with Gasteiger partial charge in [-0.25, -0.2) is 4.39 Å². The van der Waals surface area contributed by atoms with Crippen molar-refractivity contribution in [3.63, 3.8) is 0 Å². The maximum Gasteiger partial charge on any atom is 0.142 e. The second-order valence-corrected chi connectivity index (χ2v) is 6.69. The molecule has 1 heterocycles. The summed E-state index contributed by atoms with van der Waals surface area (Å²) >= 11 is 8.20. The molecule has 2 rings (SSSR count). The van der Waals surface area contributed by atoms with Crippen LogP contribution >= 0.6 is 43.2 Å². The van der Waals surface area contributed by atoms with Gasteiger partial charge in [0, 0.05) is 19.8 Å². The van der Waals surface area contributed by atoms with Crippen LogP contribution < -0.4 is 5.73 Å². The lowest BCUT2D eigenvalue weighted by Crippen LogP contribution is -2.12. The van der Waals surface area contributed by atoms with Gasteiger partial charge in [-0.1, -0.05) is 12.1 Å². The third-order valence-electron chi connectivity index (χ3n) is 2.44. The van der Waals surface area contributed by atoms with Crippen LogP contribution in [-0.4, -0.2) is 0 Å². The molecule has 0 aliphatic rings. The zero-order valence-electron chi connectivity index (χ0n) is 9.01. The number of thiophene rings is 1. The van der Waals surface area contributed by atoms with E-state index in [4.69, 9.17) is 5.73 Å². The summed E-state index contributed by atoms with van der Waals surface area (Å²) in [7, 11) is 0. The second-order valence-electron chi connectivity index (χ2n) is 3.69. The Bertz CT molecular complexity index is 553. The quantitative estimate of drug-likeness (QED) is 0.800. The minimum atomic E-state index is -0.444. The Kier molecular flexibility index (Phi) is 4.02. The summed E-state index contributed by atoms with van der Waals surface area (Å²) in [5.41, 5.74) is 6.62. The summed E-state index contributed by atoms with van der Waals surface area (Å²) in [6.07, 6.45) is 0. The lowest BCUT2D eigenvalue weighted by Gasteiger charge is -2.12. The maximum absolute atomic E-state index is 13.9. The highest BCUT2D eigenvalue weighted by atomic mass is 79.9. The van der Waals surface area contributed by atoms with Crippen LogP contribution in [0.1, 0.15) is 21.4 Å². The summed E-state index contributed by atoms with van der Waals surface area (Å²) in [4.78, 5) is 2.09. The first-order valence-corrected chi connectivity index (χ1v) is 7.36. The van der Waals surface area contributed by atoms with Gasteiger partial charge in [0.25, 0.3) is 0 Å². The van der Waals surface area contributed by atoms with Crippen LogP contribution in [0.2, 0.25) is 0 Å². The van der Waals surface area contributed by atoms with Gasteiger partial charge in [0.05, 0.1) is 10.5 Å². The predicted octanol–water partition coefficient (Wildman–Crippen LogP) is 4.77. The first-order chi connectivity index (χ1) is 8.00. The molecule has 0 fully saturated rings. The van der Waals surface area contributed by atoms with Crippen molar-refractivity contribution in [2.45, 2.75) is 13.0 Å². The third-order valence-corrected chi connectivity index (χ3v) is 5.10. The molecule has 5 heteroatoms. The smallest absolute Gasteiger partial charge is 0.142 e. The Hall–Kier alpha value is -0.230. The molecule has 0 saturated heterocycles. The largest absolute Gasteiger partial charge is 0.319 e. The lowest BCUT2D eigenvalue weighted by atomic mass is 10.1. The molecule has 17 heavy (non-hydrogen) atoms. The van der Waals surface area contributed by atoms with Gasteiger partial charge in [0.1, 0.15) is 5.82 Å². The highest BCUT2D eigenvalue weighted by Gasteiger charge is 2.19. The summed E-state index contributed by atoms with van der Waals surface area (Å²) in [5, 5.41) is 0. The van der Waals surface area contributed by atoms with E-state index >= 15 is 0 Å². The molecule has 1 aromatic carbocycles. The molecule has 0 radical (unpaired) electrons. The number of hydrogen-bond donors (Lipinski definition) is 1. The van der Waals surface area contributed by atoms with E-state index in [1.165, 1.54) is 0 Å². The SMILES string of the molecule is Cc1cc(Br)c(C(N)c2cccc(Br)c2F)s1. The summed E-state index contributed by atoms with van der Waals surface area (Å²) in [6, 6.07) is 6.72. The minimum Gasteiger partial charge on any atom is -0.319 e. The predicted molar refractivity (Wildman–Crippen MR) is 76.9 cm³/mol. The molecule has 0 amide bonds. The van der Waals surface area contributed by atoms with Crippen molar-refractivity contribution in [3.8, 4) is 0 Å². The van der Waals surface area contributed by atoms with Crippen molar-refractivity contribution in [2.24, 2.45) is 5.73 Å². The fourth-order valence-corrected chi connectivity index (χ4v) is 3.92. The number of hydrogen-bond acceptors (Lipinski definition) is 2. The van der Waals surface area contributed by atoms with Crippen LogP contribution in [0.15, 0.2) is 33.2 Å². The molecule has 0 saturated carbocycles. The summed E-state index contributed by atoms with van der Waals surface area (Å²) in [6.45, 7) is 2.00. The van der Waals surface area contributed by atoms with Gasteiger partial charge in [-0.3, -0.25) is 0 Å². The van der Waals surface area contributed by atoms with Gasteiger partial charge in [-0.2, -0.15) is 0 Å². The van der Waals surface area contributed by atoms with Crippen LogP contribution in [0.3, 0.4) is 0 Å². The van der Waals surface area contributed by atoms with Gasteiger partial charge in [0.15, 0.2) is 0 Å². The van der Waals surface area contributed by atoms with Crippen molar-refractivity contribution in [3.05, 3.63) is 54.3 Å². The Morgan fingerprint density at radius 2 is 2.00 bits per heavy atom. The highest BCUT2D eigenvalue weighted by Crippen LogP contribution is 2.35. The number of benzene rings is 1. The molecule has 2 aromatic rings. The maximum atomic E-state index is 13.9. The van der Waals surface area contributed by atoms with Gasteiger partial charge < -0.3 is 5.73 Å². The molecule has 0 aliphatic carbocycles. The van der Waals surface area contributed by atoms with E-state index in [9.17, 15) is 4.39 Å². The first kappa shape index (κ1) is 13.2. The fourth-order valence-electron chi connectivity index (χ4n) is 1.62. The van der Waals surface area contributed by atoms with E-state index in [-0.39, 0.29) is 5.82 Å². The molecule has 1 nitrogen and oxygen atoms in total. The van der Waals surface area contributed by atoms with E-state index in [1.54, 1.807) is 29.5 Å². The molecule has 90 valence electrons. The Balaban J connectivity index is 2.47. The van der Waals surface area contributed by atoms with Gasteiger partial charge in [-0.05, 0) is 50.9 Å². The average molecular weight is 379 g/mol. The molecule has 0 bridgehead atoms. The monoisotopic (exact) mass is 377 g/mol. The zero-order valence-corrected chi connectivity index (χ0v) is 13.0. The summed E-state index contributed by atoms with van der Waals surface area (Å²) in [5.74, 6) is -0.294. The van der Waals surface area contributed by atoms with Crippen LogP contribution in [0.5, 0.6) is 0 Å². The summed E-state index contributed by atoms with van der Waals surface area (Å²) < 4.78 is 15.3. The van der Waals surface area contributed by atoms with Crippen molar-refractivity contribution >= 4 is 43.2 Å². The second kappa shape index (κ2) is 5.18. The first-order valence-electron chi connectivity index (χ1n) is 4.96. The van der Waals surface area contributed by atoms with Crippen molar-refractivity contribution in [1.82, 2.24) is 0 Å². The van der Waals surface area contributed by atoms with Crippen molar-refractivity contribution in [1.29, 1.82) is 0 Å². The van der Waals surface area contributed by atoms with Gasteiger partial charge >= 0.3 is 0 Å². The van der Waals surface area contributed by atoms with E-state index in [0.717, 1.165) is 14.2 Å². The highest BCUT2D eigenvalue weighted by molar-refractivity contribution is 9.10. The molecule has 2 N–H and O–H groups in total. The molecule has 1 atom stereocenters. The average Bonchev–Trinajstić information content (AvgIpc) is 2.61. The molecule has 0 spiro atoms. The number of rotatable bonds is 2. The third kappa shape index (κ3) is 2.62. The van der Waals surface area contributed by atoms with Crippen LogP contribution in [0.4, 0.5) is 4.39 Å². The van der Waals surface area contributed by atoms with Crippen molar-refractivity contribution < 1.29 is 4.39 Å². The van der Waals surface area contributed by atoms with E-state index < -0.39 is 6.04 Å². The molecule has 0 aliphatic heterocycles. The molecule has 1 aromatic heterocycles. The molecule has 1 unspecified atom stereocenters. The van der Waals surface area contributed by atoms with Gasteiger partial charge in [-0.15, -0.1) is 11.3 Å². The van der Waals surface area contributed by atoms with E-state index in [1.807, 2.05) is 13.0 Å². The topological polar surface area (TPSA) is 26.0 Å². The van der Waals surface area contributed by atoms with Gasteiger partial charge in [0.2, 0.25) is 0 Å². The van der Waals surface area contributed by atoms with Crippen LogP contribution in [0.25, 0.3) is 0 Å². The van der Waals surface area contributed by atoms with E-state index in [0.29, 0.717) is 10.0 Å². The normalized spacial score (nSPS) is 12.8. The van der Waals surface area contributed by atoms with Crippen molar-refractivity contribution in [2.75, 3.05) is 0 Å². The lowest BCUT2D eigenvalue weighted by molar-refractivity contribution is 0.594. The number of nitrogens with two attached hydrogens (primary N) is 1. The van der Waals surface area contributed by atoms with Crippen LogP contribution in [0, 0.1) is 12.7 Å². The Morgan fingerprint density at radius 3 is 2.59 bits per heavy atom.